The third-order valence-electron chi connectivity index (χ3n) is 4.69. The summed E-state index contributed by atoms with van der Waals surface area (Å²) in [5, 5.41) is 3.93. The van der Waals surface area contributed by atoms with Crippen LogP contribution in [0.15, 0.2) is 0 Å². The zero-order chi connectivity index (χ0) is 11.6. The second-order valence-corrected chi connectivity index (χ2v) is 7.52. The fourth-order valence-corrected chi connectivity index (χ4v) is 4.74. The van der Waals surface area contributed by atoms with Crippen molar-refractivity contribution >= 4 is 11.8 Å². The van der Waals surface area contributed by atoms with E-state index >= 15 is 0 Å². The average molecular weight is 241 g/mol. The second-order valence-electron chi connectivity index (χ2n) is 6.37. The minimum atomic E-state index is 0.498. The van der Waals surface area contributed by atoms with Crippen molar-refractivity contribution in [2.75, 3.05) is 11.5 Å². The lowest BCUT2D eigenvalue weighted by Crippen LogP contribution is -2.51. The van der Waals surface area contributed by atoms with Crippen LogP contribution in [0.25, 0.3) is 0 Å². The van der Waals surface area contributed by atoms with Crippen molar-refractivity contribution in [2.24, 2.45) is 11.3 Å². The summed E-state index contributed by atoms with van der Waals surface area (Å²) in [7, 11) is 0. The Labute approximate surface area is 105 Å². The molecule has 0 spiro atoms. The van der Waals surface area contributed by atoms with Crippen LogP contribution in [-0.2, 0) is 0 Å². The van der Waals surface area contributed by atoms with Gasteiger partial charge in [-0.2, -0.15) is 11.8 Å². The minimum Gasteiger partial charge on any atom is -0.310 e. The van der Waals surface area contributed by atoms with Crippen LogP contribution in [0.2, 0.25) is 0 Å². The molecule has 2 rings (SSSR count). The molecule has 0 aromatic rings. The van der Waals surface area contributed by atoms with Gasteiger partial charge in [0.25, 0.3) is 0 Å². The van der Waals surface area contributed by atoms with Crippen molar-refractivity contribution in [3.05, 3.63) is 0 Å². The van der Waals surface area contributed by atoms with Crippen molar-refractivity contribution in [1.82, 2.24) is 5.32 Å². The first kappa shape index (κ1) is 12.8. The number of hydrogen-bond donors (Lipinski definition) is 1. The van der Waals surface area contributed by atoms with E-state index in [1.807, 2.05) is 0 Å². The van der Waals surface area contributed by atoms with E-state index < -0.39 is 0 Å². The highest BCUT2D eigenvalue weighted by molar-refractivity contribution is 7.99. The standard InChI is InChI=1S/C14H27NS/c1-11(12-6-4-5-7-12)15-13-10-16-9-8-14(13,2)3/h11-13,15H,4-10H2,1-3H3/t11-,13?/m1/s1. The lowest BCUT2D eigenvalue weighted by atomic mass is 9.81. The van der Waals surface area contributed by atoms with Gasteiger partial charge in [-0.1, -0.05) is 26.7 Å². The molecule has 1 unspecified atom stereocenters. The Morgan fingerprint density at radius 2 is 1.94 bits per heavy atom. The molecule has 1 heterocycles. The zero-order valence-electron chi connectivity index (χ0n) is 11.1. The van der Waals surface area contributed by atoms with E-state index in [4.69, 9.17) is 0 Å². The maximum atomic E-state index is 3.93. The molecule has 2 heteroatoms. The van der Waals surface area contributed by atoms with Gasteiger partial charge in [-0.05, 0) is 43.3 Å². The molecule has 2 fully saturated rings. The van der Waals surface area contributed by atoms with Crippen LogP contribution in [0.4, 0.5) is 0 Å². The summed E-state index contributed by atoms with van der Waals surface area (Å²) >= 11 is 2.13. The van der Waals surface area contributed by atoms with Crippen molar-refractivity contribution in [2.45, 2.75) is 65.0 Å². The monoisotopic (exact) mass is 241 g/mol. The molecule has 0 aromatic heterocycles. The Morgan fingerprint density at radius 3 is 2.56 bits per heavy atom. The van der Waals surface area contributed by atoms with E-state index in [0.29, 0.717) is 5.41 Å². The topological polar surface area (TPSA) is 12.0 Å². The first-order valence-electron chi connectivity index (χ1n) is 6.93. The van der Waals surface area contributed by atoms with Gasteiger partial charge >= 0.3 is 0 Å². The molecule has 94 valence electrons. The molecule has 1 nitrogen and oxygen atoms in total. The Bertz CT molecular complexity index is 221. The summed E-state index contributed by atoms with van der Waals surface area (Å²) in [6.45, 7) is 7.28. The smallest absolute Gasteiger partial charge is 0.0212 e. The van der Waals surface area contributed by atoms with Crippen molar-refractivity contribution in [3.8, 4) is 0 Å². The molecule has 2 aliphatic rings. The normalized spacial score (nSPS) is 32.8. The maximum Gasteiger partial charge on any atom is 0.0212 e. The summed E-state index contributed by atoms with van der Waals surface area (Å²) in [4.78, 5) is 0. The average Bonchev–Trinajstić information content (AvgIpc) is 2.74. The highest BCUT2D eigenvalue weighted by atomic mass is 32.2. The molecule has 1 saturated carbocycles. The quantitative estimate of drug-likeness (QED) is 0.809. The predicted molar refractivity (Wildman–Crippen MR) is 74.1 cm³/mol. The molecule has 0 amide bonds. The molecule has 1 N–H and O–H groups in total. The molecule has 0 bridgehead atoms. The van der Waals surface area contributed by atoms with Gasteiger partial charge in [0.05, 0.1) is 0 Å². The number of hydrogen-bond acceptors (Lipinski definition) is 2. The van der Waals surface area contributed by atoms with E-state index in [1.54, 1.807) is 0 Å². The first-order valence-corrected chi connectivity index (χ1v) is 8.09. The van der Waals surface area contributed by atoms with Gasteiger partial charge in [-0.3, -0.25) is 0 Å². The molecule has 0 radical (unpaired) electrons. The van der Waals surface area contributed by atoms with Gasteiger partial charge in [-0.15, -0.1) is 0 Å². The molecule has 2 atom stereocenters. The fraction of sp³-hybridized carbons (Fsp3) is 1.00. The Morgan fingerprint density at radius 1 is 1.25 bits per heavy atom. The van der Waals surface area contributed by atoms with Crippen molar-refractivity contribution in [3.63, 3.8) is 0 Å². The Hall–Kier alpha value is 0.310. The molecule has 1 aliphatic heterocycles. The van der Waals surface area contributed by atoms with Gasteiger partial charge in [-0.25, -0.2) is 0 Å². The van der Waals surface area contributed by atoms with Crippen molar-refractivity contribution < 1.29 is 0 Å². The van der Waals surface area contributed by atoms with Crippen LogP contribution in [0.5, 0.6) is 0 Å². The van der Waals surface area contributed by atoms with E-state index in [0.717, 1.165) is 18.0 Å². The summed E-state index contributed by atoms with van der Waals surface area (Å²) < 4.78 is 0. The summed E-state index contributed by atoms with van der Waals surface area (Å²) in [6, 6.07) is 1.45. The summed E-state index contributed by atoms with van der Waals surface area (Å²) in [5.41, 5.74) is 0.498. The lowest BCUT2D eigenvalue weighted by Gasteiger charge is -2.41. The molecule has 16 heavy (non-hydrogen) atoms. The molecular formula is C14H27NS. The van der Waals surface area contributed by atoms with Gasteiger partial charge < -0.3 is 5.32 Å². The zero-order valence-corrected chi connectivity index (χ0v) is 11.9. The van der Waals surface area contributed by atoms with Gasteiger partial charge in [0.2, 0.25) is 0 Å². The van der Waals surface area contributed by atoms with E-state index in [1.165, 1.54) is 43.6 Å². The highest BCUT2D eigenvalue weighted by Gasteiger charge is 2.34. The van der Waals surface area contributed by atoms with Crippen LogP contribution in [0.3, 0.4) is 0 Å². The second kappa shape index (κ2) is 5.30. The van der Waals surface area contributed by atoms with Crippen LogP contribution >= 0.6 is 11.8 Å². The maximum absolute atomic E-state index is 3.93. The summed E-state index contributed by atoms with van der Waals surface area (Å²) in [5.74, 6) is 3.61. The molecule has 0 aromatic carbocycles. The highest BCUT2D eigenvalue weighted by Crippen LogP contribution is 2.35. The molecule has 1 aliphatic carbocycles. The third-order valence-corrected chi connectivity index (χ3v) is 5.75. The predicted octanol–water partition coefficient (Wildman–Crippen LogP) is 3.69. The Balaban J connectivity index is 1.87. The van der Waals surface area contributed by atoms with Crippen molar-refractivity contribution in [1.29, 1.82) is 0 Å². The van der Waals surface area contributed by atoms with Gasteiger partial charge in [0, 0.05) is 17.8 Å². The van der Waals surface area contributed by atoms with Gasteiger partial charge in [0.15, 0.2) is 0 Å². The minimum absolute atomic E-state index is 0.498. The summed E-state index contributed by atoms with van der Waals surface area (Å²) in [6.07, 6.45) is 7.19. The van der Waals surface area contributed by atoms with Crippen LogP contribution in [-0.4, -0.2) is 23.6 Å². The van der Waals surface area contributed by atoms with E-state index in [2.05, 4.69) is 37.8 Å². The van der Waals surface area contributed by atoms with Gasteiger partial charge in [0.1, 0.15) is 0 Å². The van der Waals surface area contributed by atoms with Crippen LogP contribution in [0, 0.1) is 11.3 Å². The number of rotatable bonds is 3. The third kappa shape index (κ3) is 2.95. The van der Waals surface area contributed by atoms with Crippen LogP contribution < -0.4 is 5.32 Å². The van der Waals surface area contributed by atoms with E-state index in [-0.39, 0.29) is 0 Å². The van der Waals surface area contributed by atoms with E-state index in [9.17, 15) is 0 Å². The Kier molecular flexibility index (Phi) is 4.23. The fourth-order valence-electron chi connectivity index (χ4n) is 3.12. The van der Waals surface area contributed by atoms with Crippen LogP contribution in [0.1, 0.15) is 52.9 Å². The number of nitrogens with one attached hydrogen (secondary N) is 1. The molecular weight excluding hydrogens is 214 g/mol. The number of thioether (sulfide) groups is 1. The first-order chi connectivity index (χ1) is 7.59. The lowest BCUT2D eigenvalue weighted by molar-refractivity contribution is 0.211. The molecule has 1 saturated heterocycles. The SMILES string of the molecule is C[C@@H](NC1CSCCC1(C)C)C1CCCC1. The largest absolute Gasteiger partial charge is 0.310 e.